The second kappa shape index (κ2) is 6.65. The van der Waals surface area contributed by atoms with Gasteiger partial charge in [0.1, 0.15) is 6.04 Å². The number of fused-ring (bicyclic) bond motifs is 1. The fraction of sp³-hybridized carbons (Fsp3) is 0.263. The van der Waals surface area contributed by atoms with E-state index in [0.717, 1.165) is 6.42 Å². The molecule has 0 aliphatic heterocycles. The summed E-state index contributed by atoms with van der Waals surface area (Å²) in [5.41, 5.74) is 1.23. The Morgan fingerprint density at radius 2 is 1.96 bits per heavy atom. The van der Waals surface area contributed by atoms with E-state index < -0.39 is 0 Å². The monoisotopic (exact) mass is 307 g/mol. The third kappa shape index (κ3) is 3.59. The SMILES string of the molecule is C[C@H](Cc1ccc2ccccc2c1)NC(=O)[C@@H](C)n1ccnc1. The Morgan fingerprint density at radius 1 is 1.17 bits per heavy atom. The number of rotatable bonds is 5. The molecular formula is C19H21N3O. The first kappa shape index (κ1) is 15.3. The van der Waals surface area contributed by atoms with Crippen molar-refractivity contribution in [2.24, 2.45) is 0 Å². The van der Waals surface area contributed by atoms with Gasteiger partial charge in [0.05, 0.1) is 6.33 Å². The van der Waals surface area contributed by atoms with Crippen molar-refractivity contribution in [3.05, 3.63) is 66.7 Å². The zero-order chi connectivity index (χ0) is 16.2. The maximum Gasteiger partial charge on any atom is 0.243 e. The van der Waals surface area contributed by atoms with Crippen LogP contribution in [-0.4, -0.2) is 21.5 Å². The summed E-state index contributed by atoms with van der Waals surface area (Å²) in [6, 6.07) is 14.6. The lowest BCUT2D eigenvalue weighted by molar-refractivity contribution is -0.124. The topological polar surface area (TPSA) is 46.9 Å². The summed E-state index contributed by atoms with van der Waals surface area (Å²) in [4.78, 5) is 16.3. The molecule has 0 radical (unpaired) electrons. The van der Waals surface area contributed by atoms with E-state index in [-0.39, 0.29) is 18.0 Å². The van der Waals surface area contributed by atoms with E-state index >= 15 is 0 Å². The molecule has 1 N–H and O–H groups in total. The molecule has 0 spiro atoms. The van der Waals surface area contributed by atoms with Crippen molar-refractivity contribution in [1.29, 1.82) is 0 Å². The molecular weight excluding hydrogens is 286 g/mol. The minimum absolute atomic E-state index is 0.0105. The largest absolute Gasteiger partial charge is 0.352 e. The first-order valence-corrected chi connectivity index (χ1v) is 7.89. The second-order valence-corrected chi connectivity index (χ2v) is 5.98. The Labute approximate surface area is 136 Å². The highest BCUT2D eigenvalue weighted by atomic mass is 16.2. The summed E-state index contributed by atoms with van der Waals surface area (Å²) >= 11 is 0. The van der Waals surface area contributed by atoms with Crippen molar-refractivity contribution < 1.29 is 4.79 Å². The molecule has 0 unspecified atom stereocenters. The number of hydrogen-bond acceptors (Lipinski definition) is 2. The van der Waals surface area contributed by atoms with Crippen LogP contribution in [0.4, 0.5) is 0 Å². The van der Waals surface area contributed by atoms with Crippen molar-refractivity contribution in [1.82, 2.24) is 14.9 Å². The number of imidazole rings is 1. The second-order valence-electron chi connectivity index (χ2n) is 5.98. The van der Waals surface area contributed by atoms with E-state index in [0.29, 0.717) is 0 Å². The van der Waals surface area contributed by atoms with Crippen LogP contribution in [0.2, 0.25) is 0 Å². The molecule has 23 heavy (non-hydrogen) atoms. The van der Waals surface area contributed by atoms with E-state index in [9.17, 15) is 4.79 Å². The molecule has 0 saturated heterocycles. The quantitative estimate of drug-likeness (QED) is 0.786. The highest BCUT2D eigenvalue weighted by molar-refractivity contribution is 5.83. The number of aromatic nitrogens is 2. The highest BCUT2D eigenvalue weighted by Crippen LogP contribution is 2.17. The number of amides is 1. The van der Waals surface area contributed by atoms with Gasteiger partial charge in [0.2, 0.25) is 5.91 Å². The number of nitrogens with zero attached hydrogens (tertiary/aromatic N) is 2. The van der Waals surface area contributed by atoms with Crippen LogP contribution in [0.15, 0.2) is 61.2 Å². The molecule has 0 aliphatic carbocycles. The van der Waals surface area contributed by atoms with Crippen LogP contribution in [0, 0.1) is 0 Å². The van der Waals surface area contributed by atoms with Gasteiger partial charge < -0.3 is 9.88 Å². The van der Waals surface area contributed by atoms with Gasteiger partial charge in [0.15, 0.2) is 0 Å². The summed E-state index contributed by atoms with van der Waals surface area (Å²) in [7, 11) is 0. The summed E-state index contributed by atoms with van der Waals surface area (Å²) < 4.78 is 1.80. The average Bonchev–Trinajstić information content (AvgIpc) is 3.08. The minimum atomic E-state index is -0.253. The van der Waals surface area contributed by atoms with Gasteiger partial charge in [-0.2, -0.15) is 0 Å². The molecule has 0 saturated carbocycles. The molecule has 3 aromatic rings. The summed E-state index contributed by atoms with van der Waals surface area (Å²) in [6.07, 6.45) is 5.96. The lowest BCUT2D eigenvalue weighted by atomic mass is 10.0. The number of benzene rings is 2. The Hall–Kier alpha value is -2.62. The lowest BCUT2D eigenvalue weighted by Crippen LogP contribution is -2.38. The zero-order valence-corrected chi connectivity index (χ0v) is 13.4. The Morgan fingerprint density at radius 3 is 2.70 bits per heavy atom. The van der Waals surface area contributed by atoms with Crippen LogP contribution >= 0.6 is 0 Å². The van der Waals surface area contributed by atoms with Crippen molar-refractivity contribution >= 4 is 16.7 Å². The van der Waals surface area contributed by atoms with Crippen molar-refractivity contribution in [2.75, 3.05) is 0 Å². The van der Waals surface area contributed by atoms with Gasteiger partial charge in [-0.05, 0) is 36.6 Å². The summed E-state index contributed by atoms with van der Waals surface area (Å²) in [6.45, 7) is 3.91. The van der Waals surface area contributed by atoms with Crippen LogP contribution in [-0.2, 0) is 11.2 Å². The zero-order valence-electron chi connectivity index (χ0n) is 13.4. The first-order chi connectivity index (χ1) is 11.1. The average molecular weight is 307 g/mol. The Bertz CT molecular complexity index is 795. The number of nitrogens with one attached hydrogen (secondary N) is 1. The highest BCUT2D eigenvalue weighted by Gasteiger charge is 2.16. The van der Waals surface area contributed by atoms with Crippen LogP contribution in [0.25, 0.3) is 10.8 Å². The number of hydrogen-bond donors (Lipinski definition) is 1. The van der Waals surface area contributed by atoms with Crippen LogP contribution in [0.5, 0.6) is 0 Å². The van der Waals surface area contributed by atoms with Gasteiger partial charge in [-0.3, -0.25) is 4.79 Å². The molecule has 0 aliphatic rings. The lowest BCUT2D eigenvalue weighted by Gasteiger charge is -2.18. The molecule has 0 bridgehead atoms. The molecule has 3 rings (SSSR count). The molecule has 2 atom stereocenters. The van der Waals surface area contributed by atoms with Crippen molar-refractivity contribution in [3.8, 4) is 0 Å². The summed E-state index contributed by atoms with van der Waals surface area (Å²) in [5, 5.41) is 5.55. The maximum absolute atomic E-state index is 12.3. The molecule has 118 valence electrons. The first-order valence-electron chi connectivity index (χ1n) is 7.89. The predicted molar refractivity (Wildman–Crippen MR) is 92.2 cm³/mol. The van der Waals surface area contributed by atoms with Crippen LogP contribution in [0.1, 0.15) is 25.5 Å². The van der Waals surface area contributed by atoms with Crippen LogP contribution < -0.4 is 5.32 Å². The van der Waals surface area contributed by atoms with Gasteiger partial charge in [-0.25, -0.2) is 4.98 Å². The third-order valence-electron chi connectivity index (χ3n) is 4.10. The normalized spacial score (nSPS) is 13.7. The number of carbonyl (C=O) groups excluding carboxylic acids is 1. The summed E-state index contributed by atoms with van der Waals surface area (Å²) in [5.74, 6) is 0.0105. The third-order valence-corrected chi connectivity index (χ3v) is 4.10. The smallest absolute Gasteiger partial charge is 0.243 e. The molecule has 1 heterocycles. The molecule has 4 heteroatoms. The molecule has 0 fully saturated rings. The fourth-order valence-corrected chi connectivity index (χ4v) is 2.77. The van der Waals surface area contributed by atoms with E-state index in [1.807, 2.05) is 26.0 Å². The maximum atomic E-state index is 12.3. The predicted octanol–water partition coefficient (Wildman–Crippen LogP) is 3.34. The van der Waals surface area contributed by atoms with Gasteiger partial charge in [0, 0.05) is 18.4 Å². The standard InChI is InChI=1S/C19H21N3O/c1-14(21-19(23)15(2)22-10-9-20-13-22)11-16-7-8-17-5-3-4-6-18(17)12-16/h3-10,12-15H,11H2,1-2H3,(H,21,23)/t14-,15-/m1/s1. The van der Waals surface area contributed by atoms with E-state index in [1.165, 1.54) is 16.3 Å². The molecule has 4 nitrogen and oxygen atoms in total. The van der Waals surface area contributed by atoms with Crippen LogP contribution in [0.3, 0.4) is 0 Å². The van der Waals surface area contributed by atoms with Crippen molar-refractivity contribution in [3.63, 3.8) is 0 Å². The molecule has 1 amide bonds. The van der Waals surface area contributed by atoms with E-state index in [2.05, 4.69) is 40.6 Å². The Balaban J connectivity index is 1.63. The van der Waals surface area contributed by atoms with Crippen molar-refractivity contribution in [2.45, 2.75) is 32.4 Å². The molecule has 2 aromatic carbocycles. The fourth-order valence-electron chi connectivity index (χ4n) is 2.77. The minimum Gasteiger partial charge on any atom is -0.352 e. The van der Waals surface area contributed by atoms with E-state index in [4.69, 9.17) is 0 Å². The van der Waals surface area contributed by atoms with Gasteiger partial charge in [-0.1, -0.05) is 42.5 Å². The van der Waals surface area contributed by atoms with Gasteiger partial charge in [0.25, 0.3) is 0 Å². The Kier molecular flexibility index (Phi) is 4.42. The van der Waals surface area contributed by atoms with Gasteiger partial charge >= 0.3 is 0 Å². The number of carbonyl (C=O) groups is 1. The van der Waals surface area contributed by atoms with E-state index in [1.54, 1.807) is 23.3 Å². The van der Waals surface area contributed by atoms with Gasteiger partial charge in [-0.15, -0.1) is 0 Å². The molecule has 1 aromatic heterocycles.